The van der Waals surface area contributed by atoms with Gasteiger partial charge in [-0.2, -0.15) is 0 Å². The molecule has 0 saturated carbocycles. The van der Waals surface area contributed by atoms with E-state index in [1.807, 2.05) is 12.1 Å². The van der Waals surface area contributed by atoms with Crippen molar-refractivity contribution in [2.24, 2.45) is 5.92 Å². The van der Waals surface area contributed by atoms with Crippen LogP contribution in [0.3, 0.4) is 0 Å². The molecule has 0 aliphatic carbocycles. The number of aliphatic hydroxyl groups excluding tert-OH is 1. The molecule has 1 aromatic rings. The van der Waals surface area contributed by atoms with Gasteiger partial charge >= 0.3 is 0 Å². The maximum atomic E-state index is 9.34. The van der Waals surface area contributed by atoms with Crippen LogP contribution in [0.2, 0.25) is 0 Å². The summed E-state index contributed by atoms with van der Waals surface area (Å²) in [5.41, 5.74) is 1.11. The number of nitrogens with one attached hydrogen (secondary N) is 1. The number of ether oxygens (including phenoxy) is 1. The lowest BCUT2D eigenvalue weighted by Gasteiger charge is -2.21. The number of hydrogen-bond donors (Lipinski definition) is 2. The molecule has 0 saturated heterocycles. The van der Waals surface area contributed by atoms with Crippen molar-refractivity contribution >= 4 is 15.9 Å². The molecule has 0 unspecified atom stereocenters. The second kappa shape index (κ2) is 8.56. The maximum Gasteiger partial charge on any atom is 0.123 e. The van der Waals surface area contributed by atoms with Crippen molar-refractivity contribution in [1.82, 2.24) is 5.32 Å². The van der Waals surface area contributed by atoms with Crippen LogP contribution in [0.4, 0.5) is 0 Å². The lowest BCUT2D eigenvalue weighted by atomic mass is 10.0. The van der Waals surface area contributed by atoms with E-state index in [2.05, 4.69) is 48.1 Å². The summed E-state index contributed by atoms with van der Waals surface area (Å²) in [4.78, 5) is 0. The fraction of sp³-hybridized carbons (Fsp3) is 0.600. The molecule has 0 aromatic heterocycles. The highest BCUT2D eigenvalue weighted by Crippen LogP contribution is 2.23. The molecule has 4 heteroatoms. The minimum Gasteiger partial charge on any atom is -0.493 e. The van der Waals surface area contributed by atoms with Gasteiger partial charge in [0.25, 0.3) is 0 Å². The quantitative estimate of drug-likeness (QED) is 0.768. The molecule has 19 heavy (non-hydrogen) atoms. The summed E-state index contributed by atoms with van der Waals surface area (Å²) in [5.74, 6) is 1.31. The Bertz CT molecular complexity index is 382. The summed E-state index contributed by atoms with van der Waals surface area (Å²) in [6, 6.07) is 6.14. The summed E-state index contributed by atoms with van der Waals surface area (Å²) in [6.07, 6.45) is 0.994. The number of rotatable bonds is 8. The molecule has 1 atom stereocenters. The third-order valence-corrected chi connectivity index (χ3v) is 3.53. The summed E-state index contributed by atoms with van der Waals surface area (Å²) in [6.45, 7) is 7.87. The molecule has 1 rings (SSSR count). The molecule has 1 aromatic carbocycles. The van der Waals surface area contributed by atoms with Crippen molar-refractivity contribution in [1.29, 1.82) is 0 Å². The van der Waals surface area contributed by atoms with Gasteiger partial charge in [0, 0.05) is 22.6 Å². The molecular weight excluding hydrogens is 306 g/mol. The van der Waals surface area contributed by atoms with Crippen molar-refractivity contribution < 1.29 is 9.84 Å². The molecule has 0 heterocycles. The minimum atomic E-state index is 0.109. The van der Waals surface area contributed by atoms with Crippen LogP contribution < -0.4 is 10.1 Å². The van der Waals surface area contributed by atoms with Gasteiger partial charge in [-0.15, -0.1) is 0 Å². The fourth-order valence-corrected chi connectivity index (χ4v) is 2.20. The van der Waals surface area contributed by atoms with Crippen LogP contribution in [0, 0.1) is 5.92 Å². The van der Waals surface area contributed by atoms with E-state index in [0.717, 1.165) is 28.8 Å². The number of benzene rings is 1. The molecule has 108 valence electrons. The lowest BCUT2D eigenvalue weighted by Crippen LogP contribution is -2.36. The molecular formula is C15H24BrNO2. The monoisotopic (exact) mass is 329 g/mol. The highest BCUT2D eigenvalue weighted by molar-refractivity contribution is 9.10. The Morgan fingerprint density at radius 3 is 2.68 bits per heavy atom. The van der Waals surface area contributed by atoms with E-state index in [0.29, 0.717) is 12.5 Å². The number of aliphatic hydroxyl groups is 1. The van der Waals surface area contributed by atoms with E-state index < -0.39 is 0 Å². The Balaban J connectivity index is 2.71. The average molecular weight is 330 g/mol. The Labute approximate surface area is 124 Å². The standard InChI is InChI=1S/C15H24BrNO2/c1-4-7-19-15-6-5-13(16)8-12(15)9-17-14(10-18)11(2)3/h5-6,8,11,14,17-18H,4,7,9-10H2,1-3H3/t14-/m1/s1. The average Bonchev–Trinajstić information content (AvgIpc) is 2.38. The minimum absolute atomic E-state index is 0.109. The van der Waals surface area contributed by atoms with Crippen LogP contribution in [-0.4, -0.2) is 24.4 Å². The van der Waals surface area contributed by atoms with E-state index in [9.17, 15) is 5.11 Å². The van der Waals surface area contributed by atoms with Crippen LogP contribution >= 0.6 is 15.9 Å². The van der Waals surface area contributed by atoms with Crippen LogP contribution in [0.1, 0.15) is 32.8 Å². The first-order valence-corrected chi connectivity index (χ1v) is 7.63. The predicted octanol–water partition coefficient (Wildman–Crippen LogP) is 3.34. The SMILES string of the molecule is CCCOc1ccc(Br)cc1CN[C@H](CO)C(C)C. The van der Waals surface area contributed by atoms with Gasteiger partial charge in [-0.25, -0.2) is 0 Å². The molecule has 0 spiro atoms. The topological polar surface area (TPSA) is 41.5 Å². The van der Waals surface area contributed by atoms with E-state index in [1.165, 1.54) is 0 Å². The summed E-state index contributed by atoms with van der Waals surface area (Å²) >= 11 is 3.48. The van der Waals surface area contributed by atoms with E-state index in [-0.39, 0.29) is 12.6 Å². The molecule has 0 radical (unpaired) electrons. The molecule has 0 fully saturated rings. The number of halogens is 1. The third kappa shape index (κ3) is 5.51. The van der Waals surface area contributed by atoms with Gasteiger partial charge in [0.05, 0.1) is 13.2 Å². The Hall–Kier alpha value is -0.580. The molecule has 3 nitrogen and oxygen atoms in total. The van der Waals surface area contributed by atoms with Gasteiger partial charge in [-0.1, -0.05) is 36.7 Å². The predicted molar refractivity (Wildman–Crippen MR) is 82.5 cm³/mol. The lowest BCUT2D eigenvalue weighted by molar-refractivity contribution is 0.209. The fourth-order valence-electron chi connectivity index (χ4n) is 1.79. The maximum absolute atomic E-state index is 9.34. The molecule has 0 aliphatic heterocycles. The second-order valence-electron chi connectivity index (χ2n) is 5.01. The van der Waals surface area contributed by atoms with E-state index in [1.54, 1.807) is 0 Å². The zero-order valence-electron chi connectivity index (χ0n) is 11.9. The Morgan fingerprint density at radius 2 is 2.11 bits per heavy atom. The van der Waals surface area contributed by atoms with Gasteiger partial charge in [-0.05, 0) is 30.5 Å². The van der Waals surface area contributed by atoms with Crippen LogP contribution in [0.25, 0.3) is 0 Å². The second-order valence-corrected chi connectivity index (χ2v) is 5.93. The van der Waals surface area contributed by atoms with Gasteiger partial charge in [0.2, 0.25) is 0 Å². The van der Waals surface area contributed by atoms with Crippen LogP contribution in [0.5, 0.6) is 5.75 Å². The van der Waals surface area contributed by atoms with Gasteiger partial charge in [-0.3, -0.25) is 0 Å². The van der Waals surface area contributed by atoms with Crippen LogP contribution in [-0.2, 0) is 6.54 Å². The highest BCUT2D eigenvalue weighted by Gasteiger charge is 2.12. The molecule has 0 amide bonds. The smallest absolute Gasteiger partial charge is 0.123 e. The Kier molecular flexibility index (Phi) is 7.42. The zero-order chi connectivity index (χ0) is 14.3. The molecule has 0 bridgehead atoms. The molecule has 2 N–H and O–H groups in total. The van der Waals surface area contributed by atoms with Crippen LogP contribution in [0.15, 0.2) is 22.7 Å². The van der Waals surface area contributed by atoms with Crippen molar-refractivity contribution in [3.63, 3.8) is 0 Å². The molecule has 0 aliphatic rings. The zero-order valence-corrected chi connectivity index (χ0v) is 13.5. The first-order chi connectivity index (χ1) is 9.08. The van der Waals surface area contributed by atoms with E-state index >= 15 is 0 Å². The van der Waals surface area contributed by atoms with Crippen molar-refractivity contribution in [2.45, 2.75) is 39.8 Å². The Morgan fingerprint density at radius 1 is 1.37 bits per heavy atom. The first kappa shape index (κ1) is 16.5. The van der Waals surface area contributed by atoms with Crippen molar-refractivity contribution in [2.75, 3.05) is 13.2 Å². The van der Waals surface area contributed by atoms with Crippen molar-refractivity contribution in [3.05, 3.63) is 28.2 Å². The first-order valence-electron chi connectivity index (χ1n) is 6.84. The van der Waals surface area contributed by atoms with Gasteiger partial charge in [0.1, 0.15) is 5.75 Å². The van der Waals surface area contributed by atoms with E-state index in [4.69, 9.17) is 4.74 Å². The van der Waals surface area contributed by atoms with Gasteiger partial charge < -0.3 is 15.2 Å². The largest absolute Gasteiger partial charge is 0.493 e. The summed E-state index contributed by atoms with van der Waals surface area (Å²) < 4.78 is 6.78. The highest BCUT2D eigenvalue weighted by atomic mass is 79.9. The summed E-state index contributed by atoms with van der Waals surface area (Å²) in [7, 11) is 0. The van der Waals surface area contributed by atoms with Gasteiger partial charge in [0.15, 0.2) is 0 Å². The normalized spacial score (nSPS) is 12.7. The number of hydrogen-bond acceptors (Lipinski definition) is 3. The summed E-state index contributed by atoms with van der Waals surface area (Å²) in [5, 5.41) is 12.7. The van der Waals surface area contributed by atoms with Crippen molar-refractivity contribution in [3.8, 4) is 5.75 Å². The third-order valence-electron chi connectivity index (χ3n) is 3.04.